The molecule has 2 aliphatic carbocycles. The first-order valence-corrected chi connectivity index (χ1v) is 18.0. The van der Waals surface area contributed by atoms with Gasteiger partial charge in [-0.1, -0.05) is 60.6 Å². The Kier molecular flexibility index (Phi) is 13.2. The largest absolute Gasteiger partial charge is 0.458 e. The van der Waals surface area contributed by atoms with Crippen molar-refractivity contribution in [3.63, 3.8) is 0 Å². The second-order valence-corrected chi connectivity index (χ2v) is 16.0. The monoisotopic (exact) mass is 766 g/mol. The number of allylic oxidation sites excluding steroid dienone is 1. The average molecular weight is 767 g/mol. The molecule has 1 N–H and O–H groups in total. The van der Waals surface area contributed by atoms with E-state index >= 15 is 0 Å². The summed E-state index contributed by atoms with van der Waals surface area (Å²) in [6.45, 7) is 16.2. The van der Waals surface area contributed by atoms with Crippen molar-refractivity contribution in [3.8, 4) is 0 Å². The number of carbonyl (C=O) groups excluding carboxylic acids is 8. The van der Waals surface area contributed by atoms with Crippen molar-refractivity contribution in [1.82, 2.24) is 0 Å². The molecule has 16 heteroatoms. The van der Waals surface area contributed by atoms with E-state index in [2.05, 4.69) is 0 Å². The standard InChI is InChI=1S/C38H54O16/c1-18(2)33(45)52-32-27(48-21(6)39)31(50-23(8)41)35(10,11)15-13-20(5)28(44)37(47)17-36(12,53-24(9)42)29(49-22(7)40)26(37)30-38(32,16-14-25(43)51-30)54-34(46)19(3)4/h13,15,18-20,26-27,29-32,47H,14,16-17H2,1-12H3. The van der Waals surface area contributed by atoms with Crippen LogP contribution in [0.3, 0.4) is 0 Å². The Morgan fingerprint density at radius 2 is 1.30 bits per heavy atom. The summed E-state index contributed by atoms with van der Waals surface area (Å²) in [5, 5.41) is 12.9. The van der Waals surface area contributed by atoms with Crippen LogP contribution in [0.4, 0.5) is 0 Å². The summed E-state index contributed by atoms with van der Waals surface area (Å²) in [5.41, 5.74) is -8.48. The topological polar surface area (TPSA) is 221 Å². The van der Waals surface area contributed by atoms with Crippen molar-refractivity contribution in [2.75, 3.05) is 0 Å². The molecule has 2 fully saturated rings. The van der Waals surface area contributed by atoms with Gasteiger partial charge in [-0.15, -0.1) is 0 Å². The molecular formula is C38H54O16. The van der Waals surface area contributed by atoms with E-state index in [1.807, 2.05) is 0 Å². The number of ketones is 1. The highest BCUT2D eigenvalue weighted by molar-refractivity contribution is 5.92. The highest BCUT2D eigenvalue weighted by atomic mass is 16.7. The maximum atomic E-state index is 14.7. The van der Waals surface area contributed by atoms with Gasteiger partial charge in [-0.2, -0.15) is 0 Å². The lowest BCUT2D eigenvalue weighted by Gasteiger charge is -2.53. The highest BCUT2D eigenvalue weighted by Gasteiger charge is 2.75. The van der Waals surface area contributed by atoms with Gasteiger partial charge in [-0.05, 0) is 6.92 Å². The number of ether oxygens (including phenoxy) is 7. The van der Waals surface area contributed by atoms with Crippen LogP contribution in [-0.2, 0) is 71.5 Å². The average Bonchev–Trinajstić information content (AvgIpc) is 3.24. The summed E-state index contributed by atoms with van der Waals surface area (Å²) >= 11 is 0. The molecule has 0 spiro atoms. The Hall–Kier alpha value is -4.34. The van der Waals surface area contributed by atoms with Gasteiger partial charge in [0, 0.05) is 58.3 Å². The summed E-state index contributed by atoms with van der Waals surface area (Å²) in [7, 11) is 0. The van der Waals surface area contributed by atoms with Gasteiger partial charge in [0.15, 0.2) is 41.9 Å². The maximum absolute atomic E-state index is 14.7. The number of hydrogen-bond acceptors (Lipinski definition) is 16. The van der Waals surface area contributed by atoms with Gasteiger partial charge < -0.3 is 38.3 Å². The minimum absolute atomic E-state index is 0.499. The number of hydrogen-bond donors (Lipinski definition) is 1. The van der Waals surface area contributed by atoms with Gasteiger partial charge in [-0.25, -0.2) is 0 Å². The third kappa shape index (κ3) is 8.95. The van der Waals surface area contributed by atoms with Gasteiger partial charge in [-0.3, -0.25) is 38.4 Å². The van der Waals surface area contributed by atoms with Crippen LogP contribution >= 0.6 is 0 Å². The molecule has 54 heavy (non-hydrogen) atoms. The number of rotatable bonds is 8. The number of fused-ring (bicyclic) bond motifs is 3. The normalized spacial score (nSPS) is 34.9. The number of carbonyl (C=O) groups is 8. The molecular weight excluding hydrogens is 712 g/mol. The van der Waals surface area contributed by atoms with Gasteiger partial charge >= 0.3 is 41.8 Å². The molecule has 1 aliphatic heterocycles. The van der Waals surface area contributed by atoms with E-state index < -0.39 is 143 Å². The molecule has 1 saturated carbocycles. The molecule has 10 atom stereocenters. The fourth-order valence-corrected chi connectivity index (χ4v) is 7.71. The van der Waals surface area contributed by atoms with E-state index in [4.69, 9.17) is 33.2 Å². The van der Waals surface area contributed by atoms with Crippen LogP contribution in [0.25, 0.3) is 0 Å². The van der Waals surface area contributed by atoms with E-state index in [-0.39, 0.29) is 0 Å². The molecule has 0 aromatic carbocycles. The zero-order chi connectivity index (χ0) is 41.3. The van der Waals surface area contributed by atoms with Gasteiger partial charge in [0.05, 0.1) is 17.8 Å². The molecule has 3 aliphatic rings. The zero-order valence-corrected chi connectivity index (χ0v) is 33.0. The molecule has 0 radical (unpaired) electrons. The van der Waals surface area contributed by atoms with Gasteiger partial charge in [0.2, 0.25) is 0 Å². The molecule has 0 aromatic rings. The Labute approximate surface area is 314 Å². The fourth-order valence-electron chi connectivity index (χ4n) is 7.71. The Bertz CT molecular complexity index is 1560. The third-order valence-corrected chi connectivity index (χ3v) is 10.1. The third-order valence-electron chi connectivity index (χ3n) is 10.1. The summed E-state index contributed by atoms with van der Waals surface area (Å²) in [6.07, 6.45) is -7.97. The number of aliphatic hydroxyl groups is 1. The molecule has 10 unspecified atom stereocenters. The first-order valence-electron chi connectivity index (χ1n) is 18.0. The van der Waals surface area contributed by atoms with Crippen LogP contribution < -0.4 is 0 Å². The highest BCUT2D eigenvalue weighted by Crippen LogP contribution is 2.55. The Morgan fingerprint density at radius 1 is 0.759 bits per heavy atom. The SMILES string of the molecule is CC(=O)OC1C(OC(C)=O)C(C)(C)C=CC(C)C(=O)C2(O)CC(C)(OC(C)=O)C(OC(C)=O)C2C2OC(=O)CCC2(OC(=O)C(C)C)C1OC(=O)C(C)C. The molecule has 302 valence electrons. The summed E-state index contributed by atoms with van der Waals surface area (Å²) in [4.78, 5) is 107. The first kappa shape index (κ1) is 44.1. The molecule has 0 amide bonds. The van der Waals surface area contributed by atoms with Crippen molar-refractivity contribution in [2.45, 2.75) is 150 Å². The minimum Gasteiger partial charge on any atom is -0.458 e. The molecule has 0 aromatic heterocycles. The first-order chi connectivity index (χ1) is 24.7. The second kappa shape index (κ2) is 16.2. The molecule has 1 heterocycles. The fraction of sp³-hybridized carbons (Fsp3) is 0.737. The van der Waals surface area contributed by atoms with Crippen molar-refractivity contribution < 1.29 is 76.6 Å². The molecule has 1 saturated heterocycles. The maximum Gasteiger partial charge on any atom is 0.309 e. The predicted molar refractivity (Wildman–Crippen MR) is 184 cm³/mol. The van der Waals surface area contributed by atoms with E-state index in [1.165, 1.54) is 53.7 Å². The Morgan fingerprint density at radius 3 is 1.80 bits per heavy atom. The summed E-state index contributed by atoms with van der Waals surface area (Å²) < 4.78 is 41.7. The van der Waals surface area contributed by atoms with Crippen LogP contribution in [0.5, 0.6) is 0 Å². The van der Waals surface area contributed by atoms with Crippen LogP contribution in [0.1, 0.15) is 102 Å². The molecule has 3 rings (SSSR count). The number of esters is 7. The molecule has 16 nitrogen and oxygen atoms in total. The van der Waals surface area contributed by atoms with Crippen molar-refractivity contribution in [1.29, 1.82) is 0 Å². The lowest BCUT2D eigenvalue weighted by atomic mass is 9.66. The second-order valence-electron chi connectivity index (χ2n) is 16.0. The lowest BCUT2D eigenvalue weighted by molar-refractivity contribution is -0.273. The van der Waals surface area contributed by atoms with Crippen molar-refractivity contribution in [3.05, 3.63) is 12.2 Å². The van der Waals surface area contributed by atoms with Crippen molar-refractivity contribution in [2.24, 2.45) is 29.1 Å². The van der Waals surface area contributed by atoms with Gasteiger partial charge in [0.25, 0.3) is 0 Å². The minimum atomic E-state index is -2.67. The van der Waals surface area contributed by atoms with E-state index in [0.717, 1.165) is 27.7 Å². The smallest absolute Gasteiger partial charge is 0.309 e. The quantitative estimate of drug-likeness (QED) is 0.213. The predicted octanol–water partition coefficient (Wildman–Crippen LogP) is 2.87. The van der Waals surface area contributed by atoms with Crippen LogP contribution in [0.15, 0.2) is 12.2 Å². The lowest BCUT2D eigenvalue weighted by Crippen LogP contribution is -2.72. The van der Waals surface area contributed by atoms with Gasteiger partial charge in [0.1, 0.15) is 11.2 Å². The van der Waals surface area contributed by atoms with Crippen molar-refractivity contribution >= 4 is 47.6 Å². The van der Waals surface area contributed by atoms with E-state index in [0.29, 0.717) is 0 Å². The number of Topliss-reactive ketones (excluding diaryl/α,β-unsaturated/α-hetero) is 1. The van der Waals surface area contributed by atoms with E-state index in [9.17, 15) is 43.5 Å². The van der Waals surface area contributed by atoms with Crippen LogP contribution in [0.2, 0.25) is 0 Å². The molecule has 0 bridgehead atoms. The Balaban J connectivity index is 2.70. The summed E-state index contributed by atoms with van der Waals surface area (Å²) in [6, 6.07) is 0. The van der Waals surface area contributed by atoms with E-state index in [1.54, 1.807) is 13.8 Å². The van der Waals surface area contributed by atoms with Crippen LogP contribution in [0, 0.1) is 29.1 Å². The van der Waals surface area contributed by atoms with Crippen LogP contribution in [-0.4, -0.2) is 100.0 Å². The zero-order valence-electron chi connectivity index (χ0n) is 33.0. The summed E-state index contributed by atoms with van der Waals surface area (Å²) in [5.74, 6) is -12.1.